The van der Waals surface area contributed by atoms with Crippen LogP contribution in [0.1, 0.15) is 24.2 Å². The van der Waals surface area contributed by atoms with Gasteiger partial charge in [-0.3, -0.25) is 4.79 Å². The number of halogens is 2. The number of pyridine rings is 1. The summed E-state index contributed by atoms with van der Waals surface area (Å²) in [6.07, 6.45) is 0.981. The van der Waals surface area contributed by atoms with E-state index in [1.54, 1.807) is 0 Å². The quantitative estimate of drug-likeness (QED) is 0.806. The molecule has 0 bridgehead atoms. The van der Waals surface area contributed by atoms with Crippen molar-refractivity contribution < 1.29 is 9.18 Å². The van der Waals surface area contributed by atoms with Crippen molar-refractivity contribution in [3.63, 3.8) is 0 Å². The van der Waals surface area contributed by atoms with Crippen molar-refractivity contribution in [2.75, 3.05) is 26.2 Å². The Balaban J connectivity index is 2.53. The molecule has 0 unspecified atom stereocenters. The zero-order chi connectivity index (χ0) is 13.5. The van der Waals surface area contributed by atoms with Crippen LogP contribution in [0.3, 0.4) is 0 Å². The Morgan fingerprint density at radius 1 is 1.50 bits per heavy atom. The van der Waals surface area contributed by atoms with Crippen LogP contribution in [0.25, 0.3) is 0 Å². The Morgan fingerprint density at radius 2 is 2.17 bits per heavy atom. The molecular weight excluding hydrogens is 257 g/mol. The Morgan fingerprint density at radius 3 is 2.78 bits per heavy atom. The number of hydrogen-bond acceptors (Lipinski definition) is 3. The van der Waals surface area contributed by atoms with Gasteiger partial charge in [0.15, 0.2) is 0 Å². The van der Waals surface area contributed by atoms with Gasteiger partial charge in [0.1, 0.15) is 11.0 Å². The molecule has 0 atom stereocenters. The first-order valence-corrected chi connectivity index (χ1v) is 6.27. The Hall–Kier alpha value is -1.20. The lowest BCUT2D eigenvalue weighted by Gasteiger charge is -2.18. The molecule has 0 spiro atoms. The molecule has 0 aromatic carbocycles. The van der Waals surface area contributed by atoms with Crippen molar-refractivity contribution >= 4 is 17.5 Å². The topological polar surface area (TPSA) is 45.2 Å². The highest BCUT2D eigenvalue weighted by Crippen LogP contribution is 2.13. The predicted molar refractivity (Wildman–Crippen MR) is 69.3 cm³/mol. The number of likely N-dealkylation sites (N-methyl/N-ethyl adjacent to an activating group) is 1. The number of amides is 1. The van der Waals surface area contributed by atoms with E-state index in [0.29, 0.717) is 6.54 Å². The van der Waals surface area contributed by atoms with Gasteiger partial charge < -0.3 is 10.2 Å². The molecule has 0 aliphatic heterocycles. The van der Waals surface area contributed by atoms with Gasteiger partial charge in [-0.05, 0) is 19.2 Å². The maximum Gasteiger partial charge on any atom is 0.254 e. The first-order valence-electron chi connectivity index (χ1n) is 5.90. The van der Waals surface area contributed by atoms with Gasteiger partial charge >= 0.3 is 0 Å². The van der Waals surface area contributed by atoms with Gasteiger partial charge in [-0.1, -0.05) is 25.4 Å². The highest BCUT2D eigenvalue weighted by atomic mass is 35.5. The van der Waals surface area contributed by atoms with Crippen molar-refractivity contribution in [1.82, 2.24) is 15.2 Å². The lowest BCUT2D eigenvalue weighted by molar-refractivity contribution is 0.0948. The van der Waals surface area contributed by atoms with Crippen LogP contribution in [0, 0.1) is 5.82 Å². The summed E-state index contributed by atoms with van der Waals surface area (Å²) in [4.78, 5) is 17.5. The van der Waals surface area contributed by atoms with E-state index in [2.05, 4.69) is 29.0 Å². The van der Waals surface area contributed by atoms with Gasteiger partial charge in [0.25, 0.3) is 5.91 Å². The average Bonchev–Trinajstić information content (AvgIpc) is 2.37. The Labute approximate surface area is 111 Å². The number of nitrogens with zero attached hydrogens (tertiary/aromatic N) is 2. The lowest BCUT2D eigenvalue weighted by Crippen LogP contribution is -2.35. The molecule has 0 radical (unpaired) electrons. The molecular formula is C12H17ClFN3O. The fourth-order valence-corrected chi connectivity index (χ4v) is 1.73. The summed E-state index contributed by atoms with van der Waals surface area (Å²) >= 11 is 5.74. The fraction of sp³-hybridized carbons (Fsp3) is 0.500. The number of carbonyl (C=O) groups is 1. The molecule has 1 aromatic heterocycles. The third kappa shape index (κ3) is 4.23. The van der Waals surface area contributed by atoms with Crippen LogP contribution >= 0.6 is 11.6 Å². The Bertz CT molecular complexity index is 410. The summed E-state index contributed by atoms with van der Waals surface area (Å²) < 4.78 is 13.0. The van der Waals surface area contributed by atoms with Crippen LogP contribution < -0.4 is 5.32 Å². The van der Waals surface area contributed by atoms with E-state index in [1.165, 1.54) is 0 Å². The largest absolute Gasteiger partial charge is 0.351 e. The standard InChI is InChI=1S/C12H17ClFN3O/c1-3-17(4-2)6-5-15-12(18)10-7-9(14)8-16-11(10)13/h7-8H,3-6H2,1-2H3,(H,15,18). The van der Waals surface area contributed by atoms with Crippen molar-refractivity contribution in [2.24, 2.45) is 0 Å². The minimum atomic E-state index is -0.576. The highest BCUT2D eigenvalue weighted by Gasteiger charge is 2.12. The van der Waals surface area contributed by atoms with Crippen molar-refractivity contribution in [1.29, 1.82) is 0 Å². The molecule has 0 aliphatic carbocycles. The van der Waals surface area contributed by atoms with E-state index in [9.17, 15) is 9.18 Å². The molecule has 1 aromatic rings. The third-order valence-corrected chi connectivity index (χ3v) is 2.96. The summed E-state index contributed by atoms with van der Waals surface area (Å²) in [5.41, 5.74) is 0.0659. The second kappa shape index (κ2) is 7.28. The number of rotatable bonds is 6. The molecule has 18 heavy (non-hydrogen) atoms. The monoisotopic (exact) mass is 273 g/mol. The van der Waals surface area contributed by atoms with Crippen molar-refractivity contribution in [3.05, 3.63) is 28.8 Å². The zero-order valence-corrected chi connectivity index (χ0v) is 11.3. The maximum atomic E-state index is 13.0. The number of nitrogens with one attached hydrogen (secondary N) is 1. The van der Waals surface area contributed by atoms with E-state index < -0.39 is 11.7 Å². The highest BCUT2D eigenvalue weighted by molar-refractivity contribution is 6.32. The number of aromatic nitrogens is 1. The SMILES string of the molecule is CCN(CC)CCNC(=O)c1cc(F)cnc1Cl. The Kier molecular flexibility index (Phi) is 6.01. The van der Waals surface area contributed by atoms with E-state index in [1.807, 2.05) is 0 Å². The van der Waals surface area contributed by atoms with Crippen molar-refractivity contribution in [3.8, 4) is 0 Å². The van der Waals surface area contributed by atoms with Gasteiger partial charge in [-0.2, -0.15) is 0 Å². The van der Waals surface area contributed by atoms with Crippen molar-refractivity contribution in [2.45, 2.75) is 13.8 Å². The minimum Gasteiger partial charge on any atom is -0.351 e. The second-order valence-electron chi connectivity index (χ2n) is 3.77. The molecule has 1 heterocycles. The molecule has 100 valence electrons. The van der Waals surface area contributed by atoms with Crippen LogP contribution in [0.2, 0.25) is 5.15 Å². The van der Waals surface area contributed by atoms with Crippen LogP contribution in [0.15, 0.2) is 12.3 Å². The van der Waals surface area contributed by atoms with Crippen LogP contribution in [0.5, 0.6) is 0 Å². The van der Waals surface area contributed by atoms with Crippen LogP contribution in [-0.4, -0.2) is 42.0 Å². The van der Waals surface area contributed by atoms with Gasteiger partial charge in [0.2, 0.25) is 0 Å². The lowest BCUT2D eigenvalue weighted by atomic mass is 10.2. The normalized spacial score (nSPS) is 10.7. The van der Waals surface area contributed by atoms with Crippen LogP contribution in [0.4, 0.5) is 4.39 Å². The van der Waals surface area contributed by atoms with Gasteiger partial charge in [0, 0.05) is 13.1 Å². The first kappa shape index (κ1) is 14.9. The van der Waals surface area contributed by atoms with Crippen LogP contribution in [-0.2, 0) is 0 Å². The maximum absolute atomic E-state index is 13.0. The summed E-state index contributed by atoms with van der Waals surface area (Å²) in [6.45, 7) is 7.20. The molecule has 1 amide bonds. The summed E-state index contributed by atoms with van der Waals surface area (Å²) in [6, 6.07) is 1.09. The molecule has 1 N–H and O–H groups in total. The van der Waals surface area contributed by atoms with E-state index >= 15 is 0 Å². The second-order valence-corrected chi connectivity index (χ2v) is 4.13. The van der Waals surface area contributed by atoms with E-state index in [0.717, 1.165) is 31.9 Å². The molecule has 1 rings (SSSR count). The summed E-state index contributed by atoms with van der Waals surface area (Å²) in [7, 11) is 0. The van der Waals surface area contributed by atoms with Gasteiger partial charge in [-0.25, -0.2) is 9.37 Å². The molecule has 0 fully saturated rings. The summed E-state index contributed by atoms with van der Waals surface area (Å²) in [5.74, 6) is -0.979. The molecule has 0 saturated heterocycles. The minimum absolute atomic E-state index is 0.0109. The zero-order valence-electron chi connectivity index (χ0n) is 10.5. The molecule has 4 nitrogen and oxygen atoms in total. The van der Waals surface area contributed by atoms with E-state index in [4.69, 9.17) is 11.6 Å². The smallest absolute Gasteiger partial charge is 0.254 e. The average molecular weight is 274 g/mol. The van der Waals surface area contributed by atoms with Gasteiger partial charge in [-0.15, -0.1) is 0 Å². The molecule has 0 aliphatic rings. The third-order valence-electron chi connectivity index (χ3n) is 2.66. The molecule has 6 heteroatoms. The fourth-order valence-electron chi connectivity index (χ4n) is 1.54. The first-order chi connectivity index (χ1) is 8.58. The van der Waals surface area contributed by atoms with Gasteiger partial charge in [0.05, 0.1) is 11.8 Å². The molecule has 0 saturated carbocycles. The summed E-state index contributed by atoms with van der Waals surface area (Å²) in [5, 5.41) is 2.71. The predicted octanol–water partition coefficient (Wildman–Crippen LogP) is 1.95. The number of carbonyl (C=O) groups excluding carboxylic acids is 1. The van der Waals surface area contributed by atoms with E-state index in [-0.39, 0.29) is 10.7 Å². The number of hydrogen-bond donors (Lipinski definition) is 1.